The van der Waals surface area contributed by atoms with Crippen LogP contribution in [0, 0.1) is 0 Å². The van der Waals surface area contributed by atoms with Crippen LogP contribution < -0.4 is 9.47 Å². The van der Waals surface area contributed by atoms with Crippen molar-refractivity contribution in [2.45, 2.75) is 32.3 Å². The van der Waals surface area contributed by atoms with E-state index in [9.17, 15) is 9.90 Å². The summed E-state index contributed by atoms with van der Waals surface area (Å²) in [6.45, 7) is 5.20. The second-order valence-corrected chi connectivity index (χ2v) is 5.58. The Kier molecular flexibility index (Phi) is 5.07. The van der Waals surface area contributed by atoms with E-state index in [4.69, 9.17) is 9.47 Å². The summed E-state index contributed by atoms with van der Waals surface area (Å²) in [5.74, 6) is 1.09. The normalized spacial score (nSPS) is 22.0. The van der Waals surface area contributed by atoms with Gasteiger partial charge in [0.2, 0.25) is 0 Å². The molecule has 1 aliphatic heterocycles. The SMILES string of the molecule is CCOc1ccccc1OCC(=O)N1CCCC(C)(O)C1. The van der Waals surface area contributed by atoms with Crippen molar-refractivity contribution in [3.8, 4) is 11.5 Å². The van der Waals surface area contributed by atoms with Gasteiger partial charge in [-0.3, -0.25) is 4.79 Å². The Hall–Kier alpha value is -1.75. The summed E-state index contributed by atoms with van der Waals surface area (Å²) in [4.78, 5) is 13.8. The van der Waals surface area contributed by atoms with E-state index in [1.165, 1.54) is 0 Å². The van der Waals surface area contributed by atoms with Gasteiger partial charge in [-0.2, -0.15) is 0 Å². The molecule has 1 aromatic rings. The van der Waals surface area contributed by atoms with Gasteiger partial charge in [-0.05, 0) is 38.8 Å². The molecule has 0 spiro atoms. The first-order valence-corrected chi connectivity index (χ1v) is 7.36. The van der Waals surface area contributed by atoms with E-state index >= 15 is 0 Å². The van der Waals surface area contributed by atoms with Crippen molar-refractivity contribution in [1.29, 1.82) is 0 Å². The lowest BCUT2D eigenvalue weighted by molar-refractivity contribution is -0.139. The smallest absolute Gasteiger partial charge is 0.260 e. The zero-order chi connectivity index (χ0) is 15.3. The summed E-state index contributed by atoms with van der Waals surface area (Å²) < 4.78 is 11.0. The van der Waals surface area contributed by atoms with Crippen LogP contribution in [0.25, 0.3) is 0 Å². The van der Waals surface area contributed by atoms with Crippen LogP contribution in [0.5, 0.6) is 11.5 Å². The molecule has 1 aromatic carbocycles. The predicted octanol–water partition coefficient (Wildman–Crippen LogP) is 1.84. The second kappa shape index (κ2) is 6.80. The largest absolute Gasteiger partial charge is 0.490 e. The summed E-state index contributed by atoms with van der Waals surface area (Å²) in [7, 11) is 0. The Morgan fingerprint density at radius 1 is 1.33 bits per heavy atom. The summed E-state index contributed by atoms with van der Waals surface area (Å²) in [5.41, 5.74) is -0.795. The van der Waals surface area contributed by atoms with Gasteiger partial charge in [0.1, 0.15) is 0 Å². The molecule has 21 heavy (non-hydrogen) atoms. The van der Waals surface area contributed by atoms with E-state index in [0.29, 0.717) is 31.2 Å². The Morgan fingerprint density at radius 2 is 2.00 bits per heavy atom. The predicted molar refractivity (Wildman–Crippen MR) is 79.5 cm³/mol. The maximum absolute atomic E-state index is 12.2. The molecule has 1 unspecified atom stereocenters. The molecular weight excluding hydrogens is 270 g/mol. The highest BCUT2D eigenvalue weighted by Crippen LogP contribution is 2.26. The van der Waals surface area contributed by atoms with Gasteiger partial charge in [0.05, 0.1) is 12.2 Å². The molecule has 1 atom stereocenters. The van der Waals surface area contributed by atoms with Crippen molar-refractivity contribution in [2.24, 2.45) is 0 Å². The highest BCUT2D eigenvalue weighted by molar-refractivity contribution is 5.78. The lowest BCUT2D eigenvalue weighted by atomic mass is 9.95. The molecule has 116 valence electrons. The topological polar surface area (TPSA) is 59.0 Å². The zero-order valence-corrected chi connectivity index (χ0v) is 12.7. The van der Waals surface area contributed by atoms with E-state index < -0.39 is 5.60 Å². The number of hydrogen-bond acceptors (Lipinski definition) is 4. The van der Waals surface area contributed by atoms with Crippen LogP contribution in [0.4, 0.5) is 0 Å². The number of amides is 1. The number of rotatable bonds is 5. The van der Waals surface area contributed by atoms with Gasteiger partial charge in [0.15, 0.2) is 18.1 Å². The monoisotopic (exact) mass is 293 g/mol. The molecule has 5 nitrogen and oxygen atoms in total. The standard InChI is InChI=1S/C16H23NO4/c1-3-20-13-7-4-5-8-14(13)21-11-15(18)17-10-6-9-16(2,19)12-17/h4-5,7-8,19H,3,6,9-12H2,1-2H3. The number of carbonyl (C=O) groups is 1. The molecule has 5 heteroatoms. The minimum Gasteiger partial charge on any atom is -0.490 e. The van der Waals surface area contributed by atoms with Gasteiger partial charge in [-0.15, -0.1) is 0 Å². The fraction of sp³-hybridized carbons (Fsp3) is 0.562. The molecule has 0 aromatic heterocycles. The number of carbonyl (C=O) groups excluding carboxylic acids is 1. The van der Waals surface area contributed by atoms with Crippen molar-refractivity contribution < 1.29 is 19.4 Å². The lowest BCUT2D eigenvalue weighted by Gasteiger charge is -2.36. The second-order valence-electron chi connectivity index (χ2n) is 5.58. The van der Waals surface area contributed by atoms with Gasteiger partial charge in [0.25, 0.3) is 5.91 Å². The molecule has 1 saturated heterocycles. The van der Waals surface area contributed by atoms with Crippen LogP contribution in [-0.4, -0.2) is 47.8 Å². The third-order valence-electron chi connectivity index (χ3n) is 3.53. The Morgan fingerprint density at radius 3 is 2.62 bits per heavy atom. The number of likely N-dealkylation sites (tertiary alicyclic amines) is 1. The fourth-order valence-electron chi connectivity index (χ4n) is 2.51. The highest BCUT2D eigenvalue weighted by Gasteiger charge is 2.31. The number of β-amino-alcohol motifs (C(OH)–C–C–N with tert-alkyl or cyclic N) is 1. The lowest BCUT2D eigenvalue weighted by Crippen LogP contribution is -2.49. The van der Waals surface area contributed by atoms with Gasteiger partial charge >= 0.3 is 0 Å². The Balaban J connectivity index is 1.92. The van der Waals surface area contributed by atoms with E-state index in [1.54, 1.807) is 17.9 Å². The molecule has 0 radical (unpaired) electrons. The molecule has 0 aliphatic carbocycles. The van der Waals surface area contributed by atoms with Crippen LogP contribution in [0.2, 0.25) is 0 Å². The summed E-state index contributed by atoms with van der Waals surface area (Å²) in [6.07, 6.45) is 1.54. The highest BCUT2D eigenvalue weighted by atomic mass is 16.5. The first-order chi connectivity index (χ1) is 10.0. The molecule has 1 heterocycles. The van der Waals surface area contributed by atoms with Crippen molar-refractivity contribution in [3.05, 3.63) is 24.3 Å². The Labute approximate surface area is 125 Å². The molecule has 0 saturated carbocycles. The summed E-state index contributed by atoms with van der Waals surface area (Å²) in [6, 6.07) is 7.30. The number of aliphatic hydroxyl groups is 1. The molecule has 1 fully saturated rings. The van der Waals surface area contributed by atoms with Gasteiger partial charge in [-0.1, -0.05) is 12.1 Å². The van der Waals surface area contributed by atoms with Gasteiger partial charge < -0.3 is 19.5 Å². The van der Waals surface area contributed by atoms with Crippen LogP contribution >= 0.6 is 0 Å². The number of ether oxygens (including phenoxy) is 2. The number of benzene rings is 1. The number of nitrogens with zero attached hydrogens (tertiary/aromatic N) is 1. The Bertz CT molecular complexity index is 487. The van der Waals surface area contributed by atoms with Crippen molar-refractivity contribution >= 4 is 5.91 Å². The van der Waals surface area contributed by atoms with E-state index in [1.807, 2.05) is 25.1 Å². The maximum Gasteiger partial charge on any atom is 0.260 e. The minimum atomic E-state index is -0.795. The van der Waals surface area contributed by atoms with Crippen LogP contribution in [0.15, 0.2) is 24.3 Å². The van der Waals surface area contributed by atoms with Crippen molar-refractivity contribution in [1.82, 2.24) is 4.90 Å². The van der Waals surface area contributed by atoms with Crippen molar-refractivity contribution in [3.63, 3.8) is 0 Å². The van der Waals surface area contributed by atoms with Crippen LogP contribution in [-0.2, 0) is 4.79 Å². The third-order valence-corrected chi connectivity index (χ3v) is 3.53. The number of hydrogen-bond donors (Lipinski definition) is 1. The van der Waals surface area contributed by atoms with E-state index in [-0.39, 0.29) is 12.5 Å². The quantitative estimate of drug-likeness (QED) is 0.900. The molecule has 1 amide bonds. The zero-order valence-electron chi connectivity index (χ0n) is 12.7. The molecule has 2 rings (SSSR count). The molecule has 1 N–H and O–H groups in total. The number of para-hydroxylation sites is 2. The van der Waals surface area contributed by atoms with Crippen molar-refractivity contribution in [2.75, 3.05) is 26.3 Å². The molecule has 0 bridgehead atoms. The summed E-state index contributed by atoms with van der Waals surface area (Å²) in [5, 5.41) is 10.0. The van der Waals surface area contributed by atoms with Crippen LogP contribution in [0.1, 0.15) is 26.7 Å². The molecular formula is C16H23NO4. The maximum atomic E-state index is 12.2. The first kappa shape index (κ1) is 15.6. The molecule has 1 aliphatic rings. The average Bonchev–Trinajstić information content (AvgIpc) is 2.45. The minimum absolute atomic E-state index is 0.0415. The first-order valence-electron chi connectivity index (χ1n) is 7.36. The average molecular weight is 293 g/mol. The third kappa shape index (κ3) is 4.36. The summed E-state index contributed by atoms with van der Waals surface area (Å²) >= 11 is 0. The van der Waals surface area contributed by atoms with Gasteiger partial charge in [-0.25, -0.2) is 0 Å². The van der Waals surface area contributed by atoms with E-state index in [2.05, 4.69) is 0 Å². The van der Waals surface area contributed by atoms with Crippen LogP contribution in [0.3, 0.4) is 0 Å². The number of piperidine rings is 1. The van der Waals surface area contributed by atoms with Gasteiger partial charge in [0, 0.05) is 13.1 Å². The van der Waals surface area contributed by atoms with E-state index in [0.717, 1.165) is 12.8 Å². The fourth-order valence-corrected chi connectivity index (χ4v) is 2.51.